The van der Waals surface area contributed by atoms with Crippen LogP contribution in [0.2, 0.25) is 0 Å². The molecule has 0 amide bonds. The Labute approximate surface area is 106 Å². The minimum Gasteiger partial charge on any atom is -0.334 e. The van der Waals surface area contributed by atoms with Crippen LogP contribution in [0.4, 0.5) is 0 Å². The van der Waals surface area contributed by atoms with E-state index in [2.05, 4.69) is 55.7 Å². The van der Waals surface area contributed by atoms with Gasteiger partial charge in [0.25, 0.3) is 0 Å². The largest absolute Gasteiger partial charge is 0.334 e. The second-order valence-electron chi connectivity index (χ2n) is 5.78. The van der Waals surface area contributed by atoms with Gasteiger partial charge >= 0.3 is 0 Å². The molecule has 0 aliphatic rings. The van der Waals surface area contributed by atoms with Crippen LogP contribution in [0.3, 0.4) is 0 Å². The Balaban J connectivity index is 2.59. The Morgan fingerprint density at radius 2 is 1.94 bits per heavy atom. The highest BCUT2D eigenvalue weighted by atomic mass is 15.1. The monoisotopic (exact) mass is 237 g/mol. The Bertz CT molecular complexity index is 318. The lowest BCUT2D eigenvalue weighted by atomic mass is 10.0. The van der Waals surface area contributed by atoms with Crippen LogP contribution in [0.5, 0.6) is 0 Å². The fourth-order valence-electron chi connectivity index (χ4n) is 1.84. The molecule has 17 heavy (non-hydrogen) atoms. The summed E-state index contributed by atoms with van der Waals surface area (Å²) < 4.78 is 2.29. The summed E-state index contributed by atoms with van der Waals surface area (Å²) in [5, 5.41) is 3.49. The van der Waals surface area contributed by atoms with Crippen molar-refractivity contribution in [2.24, 2.45) is 5.92 Å². The lowest BCUT2D eigenvalue weighted by molar-refractivity contribution is 0.385. The predicted octanol–water partition coefficient (Wildman–Crippen LogP) is 3.21. The van der Waals surface area contributed by atoms with Gasteiger partial charge in [0, 0.05) is 24.5 Å². The zero-order chi connectivity index (χ0) is 12.9. The minimum atomic E-state index is 0.145. The molecule has 1 heterocycles. The van der Waals surface area contributed by atoms with E-state index in [9.17, 15) is 0 Å². The van der Waals surface area contributed by atoms with Crippen LogP contribution in [0.15, 0.2) is 12.4 Å². The van der Waals surface area contributed by atoms with E-state index in [4.69, 9.17) is 0 Å². The smallest absolute Gasteiger partial charge is 0.122 e. The molecule has 1 aromatic heterocycles. The number of hydrogen-bond acceptors (Lipinski definition) is 2. The van der Waals surface area contributed by atoms with E-state index in [0.29, 0.717) is 0 Å². The van der Waals surface area contributed by atoms with Gasteiger partial charge in [-0.1, -0.05) is 26.7 Å². The summed E-state index contributed by atoms with van der Waals surface area (Å²) in [7, 11) is 0. The van der Waals surface area contributed by atoms with Crippen LogP contribution in [-0.2, 0) is 13.1 Å². The van der Waals surface area contributed by atoms with E-state index in [1.807, 2.05) is 6.20 Å². The van der Waals surface area contributed by atoms with Gasteiger partial charge in [-0.05, 0) is 26.7 Å². The Morgan fingerprint density at radius 1 is 1.29 bits per heavy atom. The SMILES string of the molecule is CCC(CC)Cn1ccnc1CNC(C)(C)C. The molecule has 0 radical (unpaired) electrons. The molecule has 0 fully saturated rings. The molecule has 0 spiro atoms. The maximum atomic E-state index is 4.44. The van der Waals surface area contributed by atoms with Crippen molar-refractivity contribution in [1.29, 1.82) is 0 Å². The van der Waals surface area contributed by atoms with Gasteiger partial charge in [-0.2, -0.15) is 0 Å². The molecule has 0 aliphatic carbocycles. The molecule has 0 aromatic carbocycles. The summed E-state index contributed by atoms with van der Waals surface area (Å²) >= 11 is 0. The number of nitrogens with zero attached hydrogens (tertiary/aromatic N) is 2. The van der Waals surface area contributed by atoms with Crippen LogP contribution < -0.4 is 5.32 Å². The number of nitrogens with one attached hydrogen (secondary N) is 1. The van der Waals surface area contributed by atoms with Gasteiger partial charge in [-0.15, -0.1) is 0 Å². The third-order valence-electron chi connectivity index (χ3n) is 3.19. The van der Waals surface area contributed by atoms with Gasteiger partial charge in [0.2, 0.25) is 0 Å². The van der Waals surface area contributed by atoms with Crippen molar-refractivity contribution in [3.05, 3.63) is 18.2 Å². The average molecular weight is 237 g/mol. The van der Waals surface area contributed by atoms with Crippen LogP contribution in [0, 0.1) is 5.92 Å². The highest BCUT2D eigenvalue weighted by molar-refractivity contribution is 4.93. The van der Waals surface area contributed by atoms with Crippen LogP contribution >= 0.6 is 0 Å². The number of imidazole rings is 1. The molecule has 3 nitrogen and oxygen atoms in total. The highest BCUT2D eigenvalue weighted by Gasteiger charge is 2.12. The molecule has 1 rings (SSSR count). The summed E-state index contributed by atoms with van der Waals surface area (Å²) in [6.45, 7) is 13.0. The molecule has 1 aromatic rings. The topological polar surface area (TPSA) is 29.9 Å². The van der Waals surface area contributed by atoms with E-state index in [1.54, 1.807) is 0 Å². The summed E-state index contributed by atoms with van der Waals surface area (Å²) in [5.41, 5.74) is 0.145. The van der Waals surface area contributed by atoms with Crippen molar-refractivity contribution in [2.75, 3.05) is 0 Å². The highest BCUT2D eigenvalue weighted by Crippen LogP contribution is 2.12. The maximum absolute atomic E-state index is 4.44. The normalized spacial score (nSPS) is 12.4. The van der Waals surface area contributed by atoms with Crippen LogP contribution in [0.25, 0.3) is 0 Å². The number of aromatic nitrogens is 2. The van der Waals surface area contributed by atoms with Crippen molar-refractivity contribution in [3.63, 3.8) is 0 Å². The molecule has 0 unspecified atom stereocenters. The summed E-state index contributed by atoms with van der Waals surface area (Å²) in [4.78, 5) is 4.44. The van der Waals surface area contributed by atoms with Crippen molar-refractivity contribution in [2.45, 2.75) is 66.1 Å². The van der Waals surface area contributed by atoms with Gasteiger partial charge in [0.05, 0.1) is 6.54 Å². The summed E-state index contributed by atoms with van der Waals surface area (Å²) in [5.74, 6) is 1.91. The van der Waals surface area contributed by atoms with E-state index >= 15 is 0 Å². The minimum absolute atomic E-state index is 0.145. The quantitative estimate of drug-likeness (QED) is 0.823. The lowest BCUT2D eigenvalue weighted by Crippen LogP contribution is -2.36. The molecular weight excluding hydrogens is 210 g/mol. The summed E-state index contributed by atoms with van der Waals surface area (Å²) in [6.07, 6.45) is 6.47. The van der Waals surface area contributed by atoms with Crippen molar-refractivity contribution in [1.82, 2.24) is 14.9 Å². The Hall–Kier alpha value is -0.830. The van der Waals surface area contributed by atoms with E-state index in [0.717, 1.165) is 24.8 Å². The maximum Gasteiger partial charge on any atom is 0.122 e. The molecule has 0 aliphatic heterocycles. The molecule has 98 valence electrons. The van der Waals surface area contributed by atoms with Gasteiger partial charge < -0.3 is 9.88 Å². The number of rotatable bonds is 6. The van der Waals surface area contributed by atoms with Gasteiger partial charge in [0.1, 0.15) is 5.82 Å². The predicted molar refractivity (Wildman–Crippen MR) is 72.9 cm³/mol. The van der Waals surface area contributed by atoms with Gasteiger partial charge in [-0.25, -0.2) is 4.98 Å². The second kappa shape index (κ2) is 6.20. The first-order chi connectivity index (χ1) is 7.96. The lowest BCUT2D eigenvalue weighted by Gasteiger charge is -2.21. The first-order valence-corrected chi connectivity index (χ1v) is 6.71. The standard InChI is InChI=1S/C14H27N3/c1-6-12(7-2)11-17-9-8-15-13(17)10-16-14(3,4)5/h8-9,12,16H,6-7,10-11H2,1-5H3. The molecule has 3 heteroatoms. The molecule has 0 bridgehead atoms. The first kappa shape index (κ1) is 14.2. The van der Waals surface area contributed by atoms with Gasteiger partial charge in [-0.3, -0.25) is 0 Å². The Kier molecular flexibility index (Phi) is 5.19. The van der Waals surface area contributed by atoms with E-state index < -0.39 is 0 Å². The molecule has 0 saturated heterocycles. The third kappa shape index (κ3) is 4.90. The molecule has 0 atom stereocenters. The van der Waals surface area contributed by atoms with Gasteiger partial charge in [0.15, 0.2) is 0 Å². The summed E-state index contributed by atoms with van der Waals surface area (Å²) in [6, 6.07) is 0. The molecular formula is C14H27N3. The van der Waals surface area contributed by atoms with E-state index in [-0.39, 0.29) is 5.54 Å². The fraction of sp³-hybridized carbons (Fsp3) is 0.786. The van der Waals surface area contributed by atoms with Crippen LogP contribution in [-0.4, -0.2) is 15.1 Å². The number of hydrogen-bond donors (Lipinski definition) is 1. The molecule has 1 N–H and O–H groups in total. The zero-order valence-electron chi connectivity index (χ0n) is 12.0. The fourth-order valence-corrected chi connectivity index (χ4v) is 1.84. The average Bonchev–Trinajstić information content (AvgIpc) is 2.69. The van der Waals surface area contributed by atoms with E-state index in [1.165, 1.54) is 12.8 Å². The van der Waals surface area contributed by atoms with Crippen molar-refractivity contribution in [3.8, 4) is 0 Å². The Morgan fingerprint density at radius 3 is 2.47 bits per heavy atom. The third-order valence-corrected chi connectivity index (χ3v) is 3.19. The second-order valence-corrected chi connectivity index (χ2v) is 5.78. The zero-order valence-corrected chi connectivity index (χ0v) is 12.0. The first-order valence-electron chi connectivity index (χ1n) is 6.71. The molecule has 0 saturated carbocycles. The van der Waals surface area contributed by atoms with Crippen LogP contribution in [0.1, 0.15) is 53.3 Å². The van der Waals surface area contributed by atoms with Crippen molar-refractivity contribution < 1.29 is 0 Å². The van der Waals surface area contributed by atoms with Crippen molar-refractivity contribution >= 4 is 0 Å².